The van der Waals surface area contributed by atoms with E-state index in [-0.39, 0.29) is 5.75 Å². The second-order valence-corrected chi connectivity index (χ2v) is 3.96. The van der Waals surface area contributed by atoms with Crippen LogP contribution in [0.1, 0.15) is 0 Å². The first-order valence-electron chi connectivity index (χ1n) is 4.18. The molecule has 0 saturated carbocycles. The first kappa shape index (κ1) is 12.8. The van der Waals surface area contributed by atoms with Crippen LogP contribution in [0.15, 0.2) is 11.2 Å². The molecule has 0 radical (unpaired) electrons. The zero-order chi connectivity index (χ0) is 12.2. The van der Waals surface area contributed by atoms with Gasteiger partial charge in [0.05, 0.1) is 11.9 Å². The highest BCUT2D eigenvalue weighted by Crippen LogP contribution is 2.17. The van der Waals surface area contributed by atoms with Crippen LogP contribution in [0.3, 0.4) is 0 Å². The molecule has 0 spiro atoms. The number of aromatic nitrogens is 3. The number of carbonyl (C=O) groups excluding carboxylic acids is 1. The number of nitrogens with zero attached hydrogens (tertiary/aromatic N) is 3. The lowest BCUT2D eigenvalue weighted by Gasteiger charge is -2.18. The molecule has 90 valence electrons. The van der Waals surface area contributed by atoms with Gasteiger partial charge in [-0.1, -0.05) is 11.8 Å². The number of H-pyrrole nitrogens is 1. The van der Waals surface area contributed by atoms with E-state index in [2.05, 4.69) is 15.4 Å². The standard InChI is InChI=1S/C7H9F3N4OS/c1-14(4-7(8,9)10)6(15)3-16-5-2-11-13-12-5/h2H,3-4H2,1H3,(H,11,12,13). The lowest BCUT2D eigenvalue weighted by molar-refractivity contribution is -0.156. The molecular formula is C7H9F3N4OS. The molecule has 1 heterocycles. The number of hydrogen-bond acceptors (Lipinski definition) is 4. The Morgan fingerprint density at radius 1 is 1.62 bits per heavy atom. The minimum Gasteiger partial charge on any atom is -0.336 e. The van der Waals surface area contributed by atoms with E-state index in [0.29, 0.717) is 9.93 Å². The molecule has 5 nitrogen and oxygen atoms in total. The molecule has 16 heavy (non-hydrogen) atoms. The Balaban J connectivity index is 2.35. The second-order valence-electron chi connectivity index (χ2n) is 2.96. The topological polar surface area (TPSA) is 61.9 Å². The molecule has 1 amide bonds. The van der Waals surface area contributed by atoms with Crippen molar-refractivity contribution in [2.45, 2.75) is 11.2 Å². The van der Waals surface area contributed by atoms with Crippen molar-refractivity contribution in [3.8, 4) is 0 Å². The van der Waals surface area contributed by atoms with E-state index in [0.717, 1.165) is 18.8 Å². The van der Waals surface area contributed by atoms with E-state index in [4.69, 9.17) is 0 Å². The van der Waals surface area contributed by atoms with Gasteiger partial charge in [0.2, 0.25) is 5.91 Å². The molecule has 1 N–H and O–H groups in total. The molecule has 0 aromatic carbocycles. The monoisotopic (exact) mass is 254 g/mol. The van der Waals surface area contributed by atoms with Gasteiger partial charge >= 0.3 is 6.18 Å². The SMILES string of the molecule is CN(CC(F)(F)F)C(=O)CSc1cn[nH]n1. The van der Waals surface area contributed by atoms with Gasteiger partial charge in [0.1, 0.15) is 11.6 Å². The molecular weight excluding hydrogens is 245 g/mol. The third-order valence-electron chi connectivity index (χ3n) is 1.58. The van der Waals surface area contributed by atoms with Crippen molar-refractivity contribution in [3.05, 3.63) is 6.20 Å². The quantitative estimate of drug-likeness (QED) is 0.811. The van der Waals surface area contributed by atoms with Crippen LogP contribution in [-0.4, -0.2) is 51.7 Å². The van der Waals surface area contributed by atoms with Gasteiger partial charge in [-0.2, -0.15) is 23.5 Å². The van der Waals surface area contributed by atoms with Crippen LogP contribution >= 0.6 is 11.8 Å². The van der Waals surface area contributed by atoms with Crippen LogP contribution in [0.4, 0.5) is 13.2 Å². The summed E-state index contributed by atoms with van der Waals surface area (Å²) in [4.78, 5) is 11.9. The molecule has 0 aliphatic carbocycles. The minimum absolute atomic E-state index is 0.0981. The van der Waals surface area contributed by atoms with Gasteiger partial charge < -0.3 is 4.90 Å². The van der Waals surface area contributed by atoms with Gasteiger partial charge in [0, 0.05) is 7.05 Å². The molecule has 0 atom stereocenters. The van der Waals surface area contributed by atoms with E-state index in [1.165, 1.54) is 6.20 Å². The van der Waals surface area contributed by atoms with Crippen molar-refractivity contribution in [2.75, 3.05) is 19.3 Å². The van der Waals surface area contributed by atoms with Crippen molar-refractivity contribution in [3.63, 3.8) is 0 Å². The number of thioether (sulfide) groups is 1. The Labute approximate surface area is 93.4 Å². The normalized spacial score (nSPS) is 11.5. The number of aromatic amines is 1. The Hall–Kier alpha value is -1.25. The first-order valence-corrected chi connectivity index (χ1v) is 5.16. The fourth-order valence-electron chi connectivity index (χ4n) is 0.864. The molecule has 0 fully saturated rings. The third-order valence-corrected chi connectivity index (χ3v) is 2.46. The number of rotatable bonds is 4. The second kappa shape index (κ2) is 5.19. The third kappa shape index (κ3) is 4.51. The van der Waals surface area contributed by atoms with Gasteiger partial charge in [-0.05, 0) is 0 Å². The molecule has 0 aliphatic heterocycles. The van der Waals surface area contributed by atoms with E-state index in [1.54, 1.807) is 0 Å². The zero-order valence-corrected chi connectivity index (χ0v) is 9.10. The average molecular weight is 254 g/mol. The lowest BCUT2D eigenvalue weighted by Crippen LogP contribution is -2.36. The zero-order valence-electron chi connectivity index (χ0n) is 8.28. The summed E-state index contributed by atoms with van der Waals surface area (Å²) in [7, 11) is 1.11. The summed E-state index contributed by atoms with van der Waals surface area (Å²) >= 11 is 1.03. The van der Waals surface area contributed by atoms with Crippen LogP contribution < -0.4 is 0 Å². The Morgan fingerprint density at radius 2 is 2.31 bits per heavy atom. The number of halogens is 3. The summed E-state index contributed by atoms with van der Waals surface area (Å²) in [6.45, 7) is -1.24. The number of alkyl halides is 3. The summed E-state index contributed by atoms with van der Waals surface area (Å²) in [5, 5.41) is 9.96. The molecule has 0 bridgehead atoms. The fraction of sp³-hybridized carbons (Fsp3) is 0.571. The van der Waals surface area contributed by atoms with Gasteiger partial charge in [-0.3, -0.25) is 4.79 Å². The van der Waals surface area contributed by atoms with Gasteiger partial charge in [-0.25, -0.2) is 0 Å². The smallest absolute Gasteiger partial charge is 0.336 e. The number of amides is 1. The van der Waals surface area contributed by atoms with Crippen molar-refractivity contribution in [2.24, 2.45) is 0 Å². The summed E-state index contributed by atoms with van der Waals surface area (Å²) in [6.07, 6.45) is -2.98. The molecule has 1 aromatic rings. The van der Waals surface area contributed by atoms with E-state index < -0.39 is 18.6 Å². The Morgan fingerprint density at radius 3 is 2.81 bits per heavy atom. The maximum atomic E-state index is 12.0. The van der Waals surface area contributed by atoms with E-state index in [1.807, 2.05) is 0 Å². The first-order chi connectivity index (χ1) is 7.38. The minimum atomic E-state index is -4.37. The number of carbonyl (C=O) groups is 1. The van der Waals surface area contributed by atoms with Gasteiger partial charge in [0.15, 0.2) is 0 Å². The van der Waals surface area contributed by atoms with Crippen LogP contribution in [0, 0.1) is 0 Å². The van der Waals surface area contributed by atoms with Gasteiger partial charge in [-0.15, -0.1) is 5.10 Å². The van der Waals surface area contributed by atoms with Crippen molar-refractivity contribution in [1.82, 2.24) is 20.3 Å². The van der Waals surface area contributed by atoms with E-state index in [9.17, 15) is 18.0 Å². The number of nitrogens with one attached hydrogen (secondary N) is 1. The van der Waals surface area contributed by atoms with Crippen LogP contribution in [0.2, 0.25) is 0 Å². The molecule has 1 aromatic heterocycles. The molecule has 1 rings (SSSR count). The predicted octanol–water partition coefficient (Wildman–Crippen LogP) is 0.917. The van der Waals surface area contributed by atoms with Crippen molar-refractivity contribution < 1.29 is 18.0 Å². The van der Waals surface area contributed by atoms with Gasteiger partial charge in [0.25, 0.3) is 0 Å². The van der Waals surface area contributed by atoms with Crippen LogP contribution in [0.25, 0.3) is 0 Å². The summed E-state index contributed by atoms with van der Waals surface area (Å²) in [6, 6.07) is 0. The summed E-state index contributed by atoms with van der Waals surface area (Å²) in [5.74, 6) is -0.704. The summed E-state index contributed by atoms with van der Waals surface area (Å²) < 4.78 is 35.9. The van der Waals surface area contributed by atoms with E-state index >= 15 is 0 Å². The number of hydrogen-bond donors (Lipinski definition) is 1. The molecule has 0 aliphatic rings. The maximum absolute atomic E-state index is 12.0. The Bertz CT molecular complexity index is 340. The highest BCUT2D eigenvalue weighted by molar-refractivity contribution is 7.99. The molecule has 0 unspecified atom stereocenters. The predicted molar refractivity (Wildman–Crippen MR) is 50.8 cm³/mol. The fourth-order valence-corrected chi connectivity index (χ4v) is 1.59. The van der Waals surface area contributed by atoms with Crippen LogP contribution in [-0.2, 0) is 4.79 Å². The average Bonchev–Trinajstić information content (AvgIpc) is 2.63. The molecule has 9 heteroatoms. The largest absolute Gasteiger partial charge is 0.406 e. The highest BCUT2D eigenvalue weighted by Gasteiger charge is 2.31. The van der Waals surface area contributed by atoms with Crippen molar-refractivity contribution in [1.29, 1.82) is 0 Å². The maximum Gasteiger partial charge on any atom is 0.406 e. The van der Waals surface area contributed by atoms with Crippen molar-refractivity contribution >= 4 is 17.7 Å². The summed E-state index contributed by atoms with van der Waals surface area (Å²) in [5.41, 5.74) is 0. The van der Waals surface area contributed by atoms with Crippen LogP contribution in [0.5, 0.6) is 0 Å². The molecule has 0 saturated heterocycles. The highest BCUT2D eigenvalue weighted by atomic mass is 32.2. The lowest BCUT2D eigenvalue weighted by atomic mass is 10.5. The Kier molecular flexibility index (Phi) is 4.16.